The zero-order chi connectivity index (χ0) is 16.0. The van der Waals surface area contributed by atoms with Gasteiger partial charge in [-0.1, -0.05) is 26.0 Å². The number of allylic oxidation sites excluding steroid dienone is 2. The number of amides is 1. The molecule has 0 radical (unpaired) electrons. The molecular weight excluding hydrogens is 268 g/mol. The molecule has 5 nitrogen and oxygen atoms in total. The fourth-order valence-electron chi connectivity index (χ4n) is 2.65. The predicted molar refractivity (Wildman–Crippen MR) is 83.0 cm³/mol. The Morgan fingerprint density at radius 3 is 2.19 bits per heavy atom. The van der Waals surface area contributed by atoms with Crippen LogP contribution in [0.2, 0.25) is 0 Å². The second kappa shape index (κ2) is 8.17. The van der Waals surface area contributed by atoms with E-state index in [1.165, 1.54) is 0 Å². The number of carboxylic acid groups (broad SMARTS) is 1. The first-order chi connectivity index (χ1) is 9.82. The highest BCUT2D eigenvalue weighted by molar-refractivity contribution is 5.85. The molecule has 0 aromatic heterocycles. The van der Waals surface area contributed by atoms with Gasteiger partial charge in [-0.3, -0.25) is 9.59 Å². The Morgan fingerprint density at radius 1 is 1.14 bits per heavy atom. The molecular formula is C16H28N2O3. The van der Waals surface area contributed by atoms with E-state index in [0.29, 0.717) is 31.8 Å². The van der Waals surface area contributed by atoms with Crippen LogP contribution in [0.25, 0.3) is 0 Å². The maximum Gasteiger partial charge on any atom is 0.307 e. The number of hydrogen-bond acceptors (Lipinski definition) is 3. The van der Waals surface area contributed by atoms with Crippen molar-refractivity contribution in [3.8, 4) is 0 Å². The van der Waals surface area contributed by atoms with E-state index < -0.39 is 17.8 Å². The van der Waals surface area contributed by atoms with Crippen molar-refractivity contribution in [1.82, 2.24) is 9.80 Å². The fourth-order valence-corrected chi connectivity index (χ4v) is 2.65. The maximum absolute atomic E-state index is 12.8. The number of carboxylic acids is 1. The Bertz CT molecular complexity index is 391. The van der Waals surface area contributed by atoms with Gasteiger partial charge in [-0.2, -0.15) is 0 Å². The van der Waals surface area contributed by atoms with Gasteiger partial charge in [0.2, 0.25) is 5.91 Å². The minimum Gasteiger partial charge on any atom is -0.481 e. The summed E-state index contributed by atoms with van der Waals surface area (Å²) in [5, 5.41) is 9.33. The number of carbonyl (C=O) groups excluding carboxylic acids is 1. The zero-order valence-electron chi connectivity index (χ0n) is 13.6. The standard InChI is InChI=1S/C16H28N2O3/c1-12(2)11-18(10-9-17(3)4)15(19)13-7-5-6-8-14(13)16(20)21/h5-6,12-14H,7-11H2,1-4H3,(H,20,21)/t13-,14+/m1/s1. The van der Waals surface area contributed by atoms with Gasteiger partial charge < -0.3 is 14.9 Å². The molecule has 0 saturated heterocycles. The molecule has 2 atom stereocenters. The second-order valence-electron chi connectivity index (χ2n) is 6.48. The average molecular weight is 296 g/mol. The van der Waals surface area contributed by atoms with Crippen LogP contribution in [0.4, 0.5) is 0 Å². The monoisotopic (exact) mass is 296 g/mol. The highest BCUT2D eigenvalue weighted by Gasteiger charge is 2.36. The highest BCUT2D eigenvalue weighted by atomic mass is 16.4. The molecule has 0 saturated carbocycles. The molecule has 0 fully saturated rings. The van der Waals surface area contributed by atoms with Gasteiger partial charge in [0.25, 0.3) is 0 Å². The van der Waals surface area contributed by atoms with Gasteiger partial charge in [0, 0.05) is 19.6 Å². The summed E-state index contributed by atoms with van der Waals surface area (Å²) in [5.41, 5.74) is 0. The molecule has 0 aromatic carbocycles. The number of nitrogens with zero attached hydrogens (tertiary/aromatic N) is 2. The average Bonchev–Trinajstić information content (AvgIpc) is 2.42. The first kappa shape index (κ1) is 17.7. The van der Waals surface area contributed by atoms with Gasteiger partial charge in [-0.15, -0.1) is 0 Å². The Labute approximate surface area is 127 Å². The SMILES string of the molecule is CC(C)CN(CCN(C)C)C(=O)[C@@H]1CC=CC[C@@H]1C(=O)O. The summed E-state index contributed by atoms with van der Waals surface area (Å²) in [7, 11) is 3.95. The van der Waals surface area contributed by atoms with Gasteiger partial charge in [0.1, 0.15) is 0 Å². The lowest BCUT2D eigenvalue weighted by Gasteiger charge is -2.32. The number of aliphatic carboxylic acids is 1. The number of hydrogen-bond donors (Lipinski definition) is 1. The van der Waals surface area contributed by atoms with Gasteiger partial charge in [0.05, 0.1) is 11.8 Å². The van der Waals surface area contributed by atoms with Crippen molar-refractivity contribution in [3.05, 3.63) is 12.2 Å². The molecule has 0 unspecified atom stereocenters. The molecule has 1 rings (SSSR count). The van der Waals surface area contributed by atoms with Crippen molar-refractivity contribution in [2.75, 3.05) is 33.7 Å². The van der Waals surface area contributed by atoms with Crippen molar-refractivity contribution in [2.45, 2.75) is 26.7 Å². The third kappa shape index (κ3) is 5.50. The van der Waals surface area contributed by atoms with Crippen molar-refractivity contribution in [1.29, 1.82) is 0 Å². The quantitative estimate of drug-likeness (QED) is 0.726. The van der Waals surface area contributed by atoms with Crippen molar-refractivity contribution >= 4 is 11.9 Å². The maximum atomic E-state index is 12.8. The van der Waals surface area contributed by atoms with E-state index in [2.05, 4.69) is 13.8 Å². The number of rotatable bonds is 7. The fraction of sp³-hybridized carbons (Fsp3) is 0.750. The molecule has 0 bridgehead atoms. The Balaban J connectivity index is 2.81. The van der Waals surface area contributed by atoms with Crippen LogP contribution in [-0.2, 0) is 9.59 Å². The van der Waals surface area contributed by atoms with Crippen LogP contribution in [0.1, 0.15) is 26.7 Å². The van der Waals surface area contributed by atoms with E-state index >= 15 is 0 Å². The molecule has 21 heavy (non-hydrogen) atoms. The third-order valence-corrected chi connectivity index (χ3v) is 3.78. The minimum atomic E-state index is -0.866. The van der Waals surface area contributed by atoms with E-state index in [-0.39, 0.29) is 5.91 Å². The molecule has 0 heterocycles. The van der Waals surface area contributed by atoms with E-state index in [4.69, 9.17) is 0 Å². The summed E-state index contributed by atoms with van der Waals surface area (Å²) in [6, 6.07) is 0. The van der Waals surface area contributed by atoms with Crippen LogP contribution < -0.4 is 0 Å². The normalized spacial score (nSPS) is 21.8. The lowest BCUT2D eigenvalue weighted by molar-refractivity contribution is -0.150. The van der Waals surface area contributed by atoms with Crippen LogP contribution in [0.15, 0.2) is 12.2 Å². The van der Waals surface area contributed by atoms with Crippen molar-refractivity contribution in [3.63, 3.8) is 0 Å². The molecule has 1 aliphatic rings. The zero-order valence-corrected chi connectivity index (χ0v) is 13.6. The van der Waals surface area contributed by atoms with Crippen LogP contribution in [-0.4, -0.2) is 60.5 Å². The molecule has 120 valence electrons. The van der Waals surface area contributed by atoms with Crippen LogP contribution >= 0.6 is 0 Å². The van der Waals surface area contributed by atoms with Gasteiger partial charge >= 0.3 is 5.97 Å². The van der Waals surface area contributed by atoms with Gasteiger partial charge in [-0.05, 0) is 32.9 Å². The molecule has 5 heteroatoms. The smallest absolute Gasteiger partial charge is 0.307 e. The Kier molecular flexibility index (Phi) is 6.89. The molecule has 1 aliphatic carbocycles. The Hall–Kier alpha value is -1.36. The second-order valence-corrected chi connectivity index (χ2v) is 6.48. The summed E-state index contributed by atoms with van der Waals surface area (Å²) < 4.78 is 0. The molecule has 1 N–H and O–H groups in total. The summed E-state index contributed by atoms with van der Waals surface area (Å²) in [5.74, 6) is -1.51. The summed E-state index contributed by atoms with van der Waals surface area (Å²) >= 11 is 0. The van der Waals surface area contributed by atoms with E-state index in [1.54, 1.807) is 0 Å². The van der Waals surface area contributed by atoms with E-state index in [9.17, 15) is 14.7 Å². The van der Waals surface area contributed by atoms with Crippen LogP contribution in [0.5, 0.6) is 0 Å². The first-order valence-corrected chi connectivity index (χ1v) is 7.64. The summed E-state index contributed by atoms with van der Waals surface area (Å²) in [4.78, 5) is 28.0. The summed E-state index contributed by atoms with van der Waals surface area (Å²) in [6.45, 7) is 6.27. The van der Waals surface area contributed by atoms with Crippen LogP contribution in [0.3, 0.4) is 0 Å². The van der Waals surface area contributed by atoms with E-state index in [0.717, 1.165) is 6.54 Å². The minimum absolute atomic E-state index is 0.0118. The Morgan fingerprint density at radius 2 is 1.71 bits per heavy atom. The topological polar surface area (TPSA) is 60.9 Å². The third-order valence-electron chi connectivity index (χ3n) is 3.78. The summed E-state index contributed by atoms with van der Waals surface area (Å²) in [6.07, 6.45) is 4.79. The molecule has 0 aromatic rings. The molecule has 1 amide bonds. The van der Waals surface area contributed by atoms with Crippen molar-refractivity contribution in [2.24, 2.45) is 17.8 Å². The van der Waals surface area contributed by atoms with Gasteiger partial charge in [-0.25, -0.2) is 0 Å². The number of carbonyl (C=O) groups is 2. The number of likely N-dealkylation sites (N-methyl/N-ethyl adjacent to an activating group) is 1. The van der Waals surface area contributed by atoms with E-state index in [1.807, 2.05) is 36.0 Å². The van der Waals surface area contributed by atoms with Crippen LogP contribution in [0, 0.1) is 17.8 Å². The molecule has 0 aliphatic heterocycles. The molecule has 0 spiro atoms. The first-order valence-electron chi connectivity index (χ1n) is 7.64. The predicted octanol–water partition coefficient (Wildman–Crippen LogP) is 1.70. The van der Waals surface area contributed by atoms with Gasteiger partial charge in [0.15, 0.2) is 0 Å². The largest absolute Gasteiger partial charge is 0.481 e. The lowest BCUT2D eigenvalue weighted by Crippen LogP contribution is -2.45. The lowest BCUT2D eigenvalue weighted by atomic mass is 9.82. The highest BCUT2D eigenvalue weighted by Crippen LogP contribution is 2.28. The van der Waals surface area contributed by atoms with Crippen molar-refractivity contribution < 1.29 is 14.7 Å².